The van der Waals surface area contributed by atoms with E-state index in [-0.39, 0.29) is 11.8 Å². The van der Waals surface area contributed by atoms with Crippen molar-refractivity contribution in [2.75, 3.05) is 35.7 Å². The summed E-state index contributed by atoms with van der Waals surface area (Å²) in [7, 11) is 0. The van der Waals surface area contributed by atoms with Gasteiger partial charge >= 0.3 is 0 Å². The van der Waals surface area contributed by atoms with E-state index < -0.39 is 0 Å². The van der Waals surface area contributed by atoms with E-state index in [1.54, 1.807) is 29.4 Å². The van der Waals surface area contributed by atoms with Gasteiger partial charge in [0, 0.05) is 42.8 Å². The molecule has 10 nitrogen and oxygen atoms in total. The van der Waals surface area contributed by atoms with Crippen molar-refractivity contribution in [3.8, 4) is 11.3 Å². The average Bonchev–Trinajstić information content (AvgIpc) is 3.55. The molecule has 10 heteroatoms. The SMILES string of the molecule is Cc1cnc(NC(=O)c2ccc(-c3nc(N4CCN(C(=O)/C=C/C(C)C)C4)n4ccnc(N)c34)cc2C)c(C)c1. The molecule has 1 aliphatic heterocycles. The van der Waals surface area contributed by atoms with Gasteiger partial charge in [-0.25, -0.2) is 15.0 Å². The van der Waals surface area contributed by atoms with Gasteiger partial charge in [-0.15, -0.1) is 0 Å². The molecule has 0 aliphatic carbocycles. The van der Waals surface area contributed by atoms with Crippen molar-refractivity contribution in [2.45, 2.75) is 34.6 Å². The summed E-state index contributed by atoms with van der Waals surface area (Å²) in [6, 6.07) is 7.57. The molecule has 4 aromatic rings. The Labute approximate surface area is 233 Å². The van der Waals surface area contributed by atoms with Crippen molar-refractivity contribution in [1.82, 2.24) is 24.3 Å². The molecule has 3 N–H and O–H groups in total. The van der Waals surface area contributed by atoms with Crippen LogP contribution in [0.1, 0.15) is 40.9 Å². The van der Waals surface area contributed by atoms with Crippen LogP contribution in [0.5, 0.6) is 0 Å². The van der Waals surface area contributed by atoms with Crippen molar-refractivity contribution in [3.05, 3.63) is 77.3 Å². The number of aryl methyl sites for hydroxylation is 3. The molecule has 2 amide bonds. The van der Waals surface area contributed by atoms with Crippen LogP contribution in [0.2, 0.25) is 0 Å². The molecule has 0 unspecified atom stereocenters. The van der Waals surface area contributed by atoms with Crippen LogP contribution in [0.4, 0.5) is 17.6 Å². The van der Waals surface area contributed by atoms with Crippen LogP contribution >= 0.6 is 0 Å². The highest BCUT2D eigenvalue weighted by Crippen LogP contribution is 2.33. The maximum absolute atomic E-state index is 13.1. The molecule has 206 valence electrons. The predicted octanol–water partition coefficient (Wildman–Crippen LogP) is 4.37. The fourth-order valence-corrected chi connectivity index (χ4v) is 4.87. The van der Waals surface area contributed by atoms with Gasteiger partial charge in [0.15, 0.2) is 0 Å². The number of anilines is 3. The number of nitrogens with two attached hydrogens (primary N) is 1. The molecule has 1 fully saturated rings. The first-order chi connectivity index (χ1) is 19.1. The number of carbonyl (C=O) groups excluding carboxylic acids is 2. The molecule has 1 aromatic carbocycles. The zero-order valence-electron chi connectivity index (χ0n) is 23.5. The van der Waals surface area contributed by atoms with Crippen molar-refractivity contribution in [3.63, 3.8) is 0 Å². The number of hydrogen-bond donors (Lipinski definition) is 2. The first-order valence-electron chi connectivity index (χ1n) is 13.3. The van der Waals surface area contributed by atoms with Crippen LogP contribution in [-0.4, -0.2) is 55.8 Å². The van der Waals surface area contributed by atoms with Crippen LogP contribution < -0.4 is 16.0 Å². The van der Waals surface area contributed by atoms with Gasteiger partial charge in [0.25, 0.3) is 5.91 Å². The third kappa shape index (κ3) is 5.25. The summed E-state index contributed by atoms with van der Waals surface area (Å²) < 4.78 is 1.91. The first-order valence-corrected chi connectivity index (χ1v) is 13.3. The minimum Gasteiger partial charge on any atom is -0.382 e. The number of fused-ring (bicyclic) bond motifs is 1. The number of nitrogen functional groups attached to an aromatic ring is 1. The minimum atomic E-state index is -0.228. The number of allylic oxidation sites excluding steroid dienone is 1. The molecule has 3 aromatic heterocycles. The van der Waals surface area contributed by atoms with E-state index >= 15 is 0 Å². The Morgan fingerprint density at radius 3 is 2.60 bits per heavy atom. The number of hydrogen-bond acceptors (Lipinski definition) is 7. The lowest BCUT2D eigenvalue weighted by atomic mass is 10.0. The van der Waals surface area contributed by atoms with Crippen molar-refractivity contribution < 1.29 is 9.59 Å². The zero-order valence-corrected chi connectivity index (χ0v) is 23.5. The fraction of sp³-hybridized carbons (Fsp3) is 0.300. The summed E-state index contributed by atoms with van der Waals surface area (Å²) in [6.07, 6.45) is 8.75. The highest BCUT2D eigenvalue weighted by atomic mass is 16.2. The predicted molar refractivity (Wildman–Crippen MR) is 157 cm³/mol. The number of carbonyl (C=O) groups is 2. The molecular formula is C30H34N8O2. The highest BCUT2D eigenvalue weighted by molar-refractivity contribution is 6.05. The lowest BCUT2D eigenvalue weighted by Crippen LogP contribution is -2.30. The molecule has 0 spiro atoms. The maximum Gasteiger partial charge on any atom is 0.257 e. The first kappa shape index (κ1) is 26.9. The number of nitrogens with one attached hydrogen (secondary N) is 1. The fourth-order valence-electron chi connectivity index (χ4n) is 4.87. The van der Waals surface area contributed by atoms with Gasteiger partial charge < -0.3 is 20.9 Å². The summed E-state index contributed by atoms with van der Waals surface area (Å²) in [5, 5.41) is 2.92. The van der Waals surface area contributed by atoms with E-state index in [0.717, 1.165) is 22.3 Å². The van der Waals surface area contributed by atoms with Crippen LogP contribution in [0, 0.1) is 26.7 Å². The standard InChI is InChI=1S/C30H34N8O2/c1-18(2)6-9-24(39)36-12-13-37(17-36)30-34-25(26-27(31)32-10-11-38(26)30)22-7-8-23(20(4)15-22)29(40)35-28-21(5)14-19(3)16-33-28/h6-11,14-16,18H,12-13,17H2,1-5H3,(H2,31,32)(H,33,35,40)/b9-6+. The van der Waals surface area contributed by atoms with Crippen molar-refractivity contribution >= 4 is 34.9 Å². The van der Waals surface area contributed by atoms with E-state index in [9.17, 15) is 9.59 Å². The summed E-state index contributed by atoms with van der Waals surface area (Å²) in [5.74, 6) is 1.64. The van der Waals surface area contributed by atoms with Gasteiger partial charge in [-0.3, -0.25) is 14.0 Å². The van der Waals surface area contributed by atoms with Gasteiger partial charge in [0.05, 0.1) is 6.67 Å². The van der Waals surface area contributed by atoms with E-state index in [1.807, 2.05) is 69.5 Å². The molecular weight excluding hydrogens is 504 g/mol. The van der Waals surface area contributed by atoms with Gasteiger partial charge in [0.2, 0.25) is 11.9 Å². The number of amides is 2. The molecule has 0 bridgehead atoms. The Morgan fingerprint density at radius 1 is 1.07 bits per heavy atom. The number of aromatic nitrogens is 4. The minimum absolute atomic E-state index is 0.0148. The van der Waals surface area contributed by atoms with Crippen molar-refractivity contribution in [2.24, 2.45) is 5.92 Å². The zero-order chi connectivity index (χ0) is 28.6. The molecule has 0 atom stereocenters. The lowest BCUT2D eigenvalue weighted by Gasteiger charge is -2.17. The smallest absolute Gasteiger partial charge is 0.257 e. The number of pyridine rings is 1. The Hall–Kier alpha value is -4.73. The van der Waals surface area contributed by atoms with E-state index in [1.165, 1.54) is 0 Å². The van der Waals surface area contributed by atoms with Crippen LogP contribution in [0.25, 0.3) is 16.8 Å². The average molecular weight is 539 g/mol. The second kappa shape index (κ2) is 10.8. The monoisotopic (exact) mass is 538 g/mol. The van der Waals surface area contributed by atoms with E-state index in [0.29, 0.717) is 60.0 Å². The van der Waals surface area contributed by atoms with Gasteiger partial charge in [-0.1, -0.05) is 32.1 Å². The topological polar surface area (TPSA) is 122 Å². The van der Waals surface area contributed by atoms with Crippen LogP contribution in [0.3, 0.4) is 0 Å². The second-order valence-corrected chi connectivity index (χ2v) is 10.6. The summed E-state index contributed by atoms with van der Waals surface area (Å²) in [6.45, 7) is 11.5. The Balaban J connectivity index is 1.44. The van der Waals surface area contributed by atoms with E-state index in [4.69, 9.17) is 10.7 Å². The Bertz CT molecular complexity index is 1640. The lowest BCUT2D eigenvalue weighted by molar-refractivity contribution is -0.124. The Kier molecular flexibility index (Phi) is 7.25. The van der Waals surface area contributed by atoms with Gasteiger partial charge in [0.1, 0.15) is 22.8 Å². The summed E-state index contributed by atoms with van der Waals surface area (Å²) >= 11 is 0. The Morgan fingerprint density at radius 2 is 1.88 bits per heavy atom. The highest BCUT2D eigenvalue weighted by Gasteiger charge is 2.28. The number of benzene rings is 1. The summed E-state index contributed by atoms with van der Waals surface area (Å²) in [4.78, 5) is 43.2. The molecule has 40 heavy (non-hydrogen) atoms. The second-order valence-electron chi connectivity index (χ2n) is 10.6. The van der Waals surface area contributed by atoms with Crippen LogP contribution in [0.15, 0.2) is 55.0 Å². The maximum atomic E-state index is 13.1. The normalized spacial score (nSPS) is 13.7. The third-order valence-electron chi connectivity index (χ3n) is 6.96. The molecule has 4 heterocycles. The molecule has 1 saturated heterocycles. The van der Waals surface area contributed by atoms with Gasteiger partial charge in [-0.2, -0.15) is 0 Å². The molecule has 0 radical (unpaired) electrons. The van der Waals surface area contributed by atoms with Crippen molar-refractivity contribution in [1.29, 1.82) is 0 Å². The summed E-state index contributed by atoms with van der Waals surface area (Å²) in [5.41, 5.74) is 11.8. The quantitative estimate of drug-likeness (QED) is 0.350. The molecule has 5 rings (SSSR count). The number of nitrogens with zero attached hydrogens (tertiary/aromatic N) is 6. The third-order valence-corrected chi connectivity index (χ3v) is 6.96. The molecule has 0 saturated carbocycles. The van der Waals surface area contributed by atoms with E-state index in [2.05, 4.69) is 20.2 Å². The number of imidazole rings is 1. The molecule has 1 aliphatic rings. The largest absolute Gasteiger partial charge is 0.382 e. The van der Waals surface area contributed by atoms with Gasteiger partial charge in [-0.05, 0) is 61.6 Å². The van der Waals surface area contributed by atoms with Crippen LogP contribution in [-0.2, 0) is 4.79 Å². The number of rotatable bonds is 6.